The fraction of sp³-hybridized carbons (Fsp3) is 0.238. The maximum absolute atomic E-state index is 3.61. The first-order chi connectivity index (χ1) is 10.7. The Morgan fingerprint density at radius 3 is 2.59 bits per heavy atom. The number of aromatic amines is 1. The molecule has 5 rings (SSSR count). The summed E-state index contributed by atoms with van der Waals surface area (Å²) in [4.78, 5) is 3.61. The second kappa shape index (κ2) is 3.92. The Balaban J connectivity index is 1.87. The van der Waals surface area contributed by atoms with Gasteiger partial charge in [0.2, 0.25) is 0 Å². The lowest BCUT2D eigenvalue weighted by Crippen LogP contribution is -2.34. The first-order valence-electron chi connectivity index (χ1n) is 8.06. The molecule has 1 N–H and O–H groups in total. The van der Waals surface area contributed by atoms with Crippen LogP contribution in [0.3, 0.4) is 0 Å². The third-order valence-electron chi connectivity index (χ3n) is 5.70. The van der Waals surface area contributed by atoms with Gasteiger partial charge in [-0.3, -0.25) is 0 Å². The standard InChI is InChI=1S/C21H19N/c1-21(2)17-9-5-3-7-13(17)15-11-16-14-8-4-6-10-19(14)22-20(16)12-18(15)21/h3-12,15,18,22H,1-2H3. The molecule has 1 nitrogen and oxygen atoms in total. The monoisotopic (exact) mass is 285 g/mol. The largest absolute Gasteiger partial charge is 0.355 e. The maximum Gasteiger partial charge on any atom is 0.0464 e. The number of nitrogens with one attached hydrogen (secondary N) is 1. The zero-order valence-corrected chi connectivity index (χ0v) is 12.9. The van der Waals surface area contributed by atoms with Gasteiger partial charge in [0.1, 0.15) is 0 Å². The zero-order chi connectivity index (χ0) is 14.9. The van der Waals surface area contributed by atoms with Crippen LogP contribution in [0.5, 0.6) is 0 Å². The number of H-pyrrole nitrogens is 1. The highest BCUT2D eigenvalue weighted by molar-refractivity contribution is 5.82. The van der Waals surface area contributed by atoms with Gasteiger partial charge in [0.05, 0.1) is 0 Å². The third kappa shape index (κ3) is 1.39. The molecular weight excluding hydrogens is 266 g/mol. The second-order valence-corrected chi connectivity index (χ2v) is 7.19. The van der Waals surface area contributed by atoms with E-state index in [4.69, 9.17) is 0 Å². The summed E-state index contributed by atoms with van der Waals surface area (Å²) < 4.78 is 0. The quantitative estimate of drug-likeness (QED) is 0.651. The topological polar surface area (TPSA) is 15.8 Å². The lowest BCUT2D eigenvalue weighted by Gasteiger charge is -2.29. The predicted octanol–water partition coefficient (Wildman–Crippen LogP) is 3.43. The summed E-state index contributed by atoms with van der Waals surface area (Å²) >= 11 is 0. The van der Waals surface area contributed by atoms with Crippen molar-refractivity contribution in [3.8, 4) is 0 Å². The Morgan fingerprint density at radius 2 is 1.68 bits per heavy atom. The summed E-state index contributed by atoms with van der Waals surface area (Å²) in [7, 11) is 0. The van der Waals surface area contributed by atoms with Gasteiger partial charge in [-0.2, -0.15) is 0 Å². The highest BCUT2D eigenvalue weighted by Gasteiger charge is 2.44. The average Bonchev–Trinajstić information content (AvgIpc) is 3.00. The summed E-state index contributed by atoms with van der Waals surface area (Å²) in [6, 6.07) is 17.6. The molecule has 0 amide bonds. The van der Waals surface area contributed by atoms with Crippen molar-refractivity contribution in [1.29, 1.82) is 0 Å². The van der Waals surface area contributed by atoms with E-state index in [9.17, 15) is 0 Å². The molecule has 0 radical (unpaired) electrons. The lowest BCUT2D eigenvalue weighted by molar-refractivity contribution is 0.421. The number of aromatic nitrogens is 1. The van der Waals surface area contributed by atoms with Gasteiger partial charge in [-0.25, -0.2) is 0 Å². The Morgan fingerprint density at radius 1 is 0.909 bits per heavy atom. The van der Waals surface area contributed by atoms with E-state index in [0.717, 1.165) is 0 Å². The Labute approximate surface area is 130 Å². The van der Waals surface area contributed by atoms with Gasteiger partial charge >= 0.3 is 0 Å². The Bertz CT molecular complexity index is 1020. The first-order valence-corrected chi connectivity index (χ1v) is 8.06. The Kier molecular flexibility index (Phi) is 2.19. The fourth-order valence-corrected chi connectivity index (χ4v) is 4.56. The van der Waals surface area contributed by atoms with Crippen LogP contribution >= 0.6 is 0 Å². The van der Waals surface area contributed by atoms with Gasteiger partial charge in [0.25, 0.3) is 0 Å². The van der Waals surface area contributed by atoms with Gasteiger partial charge in [-0.05, 0) is 28.5 Å². The second-order valence-electron chi connectivity index (χ2n) is 7.19. The molecule has 0 saturated heterocycles. The van der Waals surface area contributed by atoms with E-state index in [1.165, 1.54) is 32.6 Å². The van der Waals surface area contributed by atoms with Crippen LogP contribution in [0.25, 0.3) is 23.1 Å². The van der Waals surface area contributed by atoms with Crippen molar-refractivity contribution in [3.63, 3.8) is 0 Å². The summed E-state index contributed by atoms with van der Waals surface area (Å²) in [6.45, 7) is 4.77. The zero-order valence-electron chi connectivity index (χ0n) is 12.9. The van der Waals surface area contributed by atoms with E-state index < -0.39 is 0 Å². The van der Waals surface area contributed by atoms with Crippen LogP contribution in [0.15, 0.2) is 48.5 Å². The molecule has 1 heteroatoms. The van der Waals surface area contributed by atoms with Gasteiger partial charge < -0.3 is 4.98 Å². The van der Waals surface area contributed by atoms with Crippen molar-refractivity contribution in [1.82, 2.24) is 4.98 Å². The molecule has 0 bridgehead atoms. The molecule has 22 heavy (non-hydrogen) atoms. The normalized spacial score (nSPS) is 24.1. The number of rotatable bonds is 0. The smallest absolute Gasteiger partial charge is 0.0464 e. The van der Waals surface area contributed by atoms with Crippen LogP contribution < -0.4 is 10.6 Å². The molecule has 108 valence electrons. The third-order valence-corrected chi connectivity index (χ3v) is 5.70. The lowest BCUT2D eigenvalue weighted by atomic mass is 9.74. The summed E-state index contributed by atoms with van der Waals surface area (Å²) in [5.74, 6) is 1.03. The fourth-order valence-electron chi connectivity index (χ4n) is 4.56. The number of hydrogen-bond acceptors (Lipinski definition) is 0. The van der Waals surface area contributed by atoms with E-state index in [1.807, 2.05) is 0 Å². The van der Waals surface area contributed by atoms with Crippen LogP contribution in [0.4, 0.5) is 0 Å². The molecule has 0 spiro atoms. The van der Waals surface area contributed by atoms with Crippen molar-refractivity contribution in [2.75, 3.05) is 0 Å². The molecular formula is C21H19N. The van der Waals surface area contributed by atoms with Crippen molar-refractivity contribution >= 4 is 23.1 Å². The van der Waals surface area contributed by atoms with Crippen LogP contribution in [0.2, 0.25) is 0 Å². The molecule has 2 atom stereocenters. The molecule has 2 aliphatic carbocycles. The van der Waals surface area contributed by atoms with Crippen molar-refractivity contribution < 1.29 is 0 Å². The van der Waals surface area contributed by atoms with Gasteiger partial charge in [0, 0.05) is 27.4 Å². The number of fused-ring (bicyclic) bond motifs is 6. The van der Waals surface area contributed by atoms with Crippen molar-refractivity contribution in [2.45, 2.75) is 25.2 Å². The Hall–Kier alpha value is -2.28. The van der Waals surface area contributed by atoms with E-state index in [2.05, 4.69) is 79.5 Å². The molecule has 2 aliphatic rings. The number of benzene rings is 2. The van der Waals surface area contributed by atoms with Crippen LogP contribution in [0.1, 0.15) is 30.9 Å². The van der Waals surface area contributed by atoms with Gasteiger partial charge in [0.15, 0.2) is 0 Å². The van der Waals surface area contributed by atoms with E-state index >= 15 is 0 Å². The molecule has 1 heterocycles. The maximum atomic E-state index is 3.61. The SMILES string of the molecule is CC1(C)c2ccccc2C2C=c3c([nH]c4ccccc34)=CC21. The van der Waals surface area contributed by atoms with Crippen LogP contribution in [0, 0.1) is 5.92 Å². The average molecular weight is 285 g/mol. The summed E-state index contributed by atoms with van der Waals surface area (Å²) in [5.41, 5.74) is 4.44. The minimum absolute atomic E-state index is 0.187. The highest BCUT2D eigenvalue weighted by Crippen LogP contribution is 2.52. The summed E-state index contributed by atoms with van der Waals surface area (Å²) in [6.07, 6.45) is 4.96. The van der Waals surface area contributed by atoms with Crippen LogP contribution in [-0.2, 0) is 5.41 Å². The predicted molar refractivity (Wildman–Crippen MR) is 92.2 cm³/mol. The first kappa shape index (κ1) is 12.3. The van der Waals surface area contributed by atoms with Crippen molar-refractivity contribution in [2.24, 2.45) is 5.92 Å². The van der Waals surface area contributed by atoms with E-state index in [1.54, 1.807) is 0 Å². The molecule has 2 unspecified atom stereocenters. The molecule has 2 aromatic carbocycles. The minimum atomic E-state index is 0.187. The molecule has 3 aromatic rings. The van der Waals surface area contributed by atoms with Crippen LogP contribution in [-0.4, -0.2) is 4.98 Å². The summed E-state index contributed by atoms with van der Waals surface area (Å²) in [5, 5.41) is 4.02. The van der Waals surface area contributed by atoms with Gasteiger partial charge in [-0.15, -0.1) is 0 Å². The van der Waals surface area contributed by atoms with Crippen molar-refractivity contribution in [3.05, 3.63) is 70.2 Å². The number of para-hydroxylation sites is 1. The molecule has 0 aliphatic heterocycles. The molecule has 1 aromatic heterocycles. The molecule has 0 saturated carbocycles. The minimum Gasteiger partial charge on any atom is -0.355 e. The number of hydrogen-bond donors (Lipinski definition) is 1. The highest BCUT2D eigenvalue weighted by atomic mass is 14.7. The van der Waals surface area contributed by atoms with Gasteiger partial charge in [-0.1, -0.05) is 68.5 Å². The molecule has 0 fully saturated rings. The van der Waals surface area contributed by atoms with E-state index in [-0.39, 0.29) is 5.41 Å². The van der Waals surface area contributed by atoms with E-state index in [0.29, 0.717) is 11.8 Å².